The fourth-order valence-electron chi connectivity index (χ4n) is 3.07. The van der Waals surface area contributed by atoms with E-state index in [1.165, 1.54) is 11.0 Å². The first-order valence-corrected chi connectivity index (χ1v) is 11.1. The molecule has 0 unspecified atom stereocenters. The van der Waals surface area contributed by atoms with Gasteiger partial charge in [-0.25, -0.2) is 0 Å². The lowest BCUT2D eigenvalue weighted by Gasteiger charge is -2.21. The topological polar surface area (TPSA) is 97.6 Å². The molecule has 0 saturated heterocycles. The van der Waals surface area contributed by atoms with Crippen molar-refractivity contribution in [3.63, 3.8) is 0 Å². The third-order valence-electron chi connectivity index (χ3n) is 4.82. The smallest absolute Gasteiger partial charge is 0.276 e. The second-order valence-electron chi connectivity index (χ2n) is 7.16. The first-order chi connectivity index (χ1) is 16.0. The van der Waals surface area contributed by atoms with Gasteiger partial charge in [-0.1, -0.05) is 34.4 Å². The van der Waals surface area contributed by atoms with Crippen LogP contribution >= 0.6 is 23.2 Å². The van der Waals surface area contributed by atoms with Crippen molar-refractivity contribution < 1.29 is 18.8 Å². The van der Waals surface area contributed by atoms with Crippen molar-refractivity contribution in [1.29, 1.82) is 0 Å². The van der Waals surface area contributed by atoms with Crippen LogP contribution in [0.4, 0.5) is 0 Å². The number of carbonyl (C=O) groups excluding carboxylic acids is 2. The molecule has 8 nitrogen and oxygen atoms in total. The standard InChI is InChI=1S/C23H24Cl2N4O4/c1-32-13-12-29(11-8-22(30)27-10-7-17-4-2-3-9-26-17)23(31)20-15-21(33-28-20)18-6-5-16(24)14-19(18)25/h2-6,9,14-15H,7-8,10-13H2,1H3,(H,27,30). The van der Waals surface area contributed by atoms with Crippen LogP contribution < -0.4 is 5.32 Å². The van der Waals surface area contributed by atoms with Crippen LogP contribution in [0.2, 0.25) is 10.0 Å². The second-order valence-corrected chi connectivity index (χ2v) is 8.00. The molecule has 0 aliphatic heterocycles. The minimum absolute atomic E-state index is 0.114. The second kappa shape index (κ2) is 12.3. The number of nitrogens with zero attached hydrogens (tertiary/aromatic N) is 3. The summed E-state index contributed by atoms with van der Waals surface area (Å²) < 4.78 is 10.4. The lowest BCUT2D eigenvalue weighted by Crippen LogP contribution is -2.37. The molecule has 2 amide bonds. The van der Waals surface area contributed by atoms with Crippen molar-refractivity contribution in [2.45, 2.75) is 12.8 Å². The first-order valence-electron chi connectivity index (χ1n) is 10.3. The van der Waals surface area contributed by atoms with Gasteiger partial charge in [-0.15, -0.1) is 0 Å². The molecule has 0 radical (unpaired) electrons. The third-order valence-corrected chi connectivity index (χ3v) is 5.36. The normalized spacial score (nSPS) is 10.8. The zero-order chi connectivity index (χ0) is 23.6. The quantitative estimate of drug-likeness (QED) is 0.437. The predicted molar refractivity (Wildman–Crippen MR) is 125 cm³/mol. The number of aromatic nitrogens is 2. The monoisotopic (exact) mass is 490 g/mol. The van der Waals surface area contributed by atoms with Gasteiger partial charge in [0.25, 0.3) is 5.91 Å². The Morgan fingerprint density at radius 2 is 2.00 bits per heavy atom. The van der Waals surface area contributed by atoms with Gasteiger partial charge >= 0.3 is 0 Å². The largest absolute Gasteiger partial charge is 0.383 e. The highest BCUT2D eigenvalue weighted by atomic mass is 35.5. The summed E-state index contributed by atoms with van der Waals surface area (Å²) in [5, 5.41) is 7.61. The van der Waals surface area contributed by atoms with Crippen LogP contribution in [-0.2, 0) is 16.0 Å². The van der Waals surface area contributed by atoms with Gasteiger partial charge < -0.3 is 19.5 Å². The van der Waals surface area contributed by atoms with E-state index in [4.69, 9.17) is 32.5 Å². The van der Waals surface area contributed by atoms with E-state index >= 15 is 0 Å². The number of hydrogen-bond donors (Lipinski definition) is 1. The summed E-state index contributed by atoms with van der Waals surface area (Å²) in [5.41, 5.74) is 1.59. The summed E-state index contributed by atoms with van der Waals surface area (Å²) in [6.07, 6.45) is 2.49. The zero-order valence-corrected chi connectivity index (χ0v) is 19.6. The Balaban J connectivity index is 1.58. The Bertz CT molecular complexity index is 1080. The van der Waals surface area contributed by atoms with Crippen LogP contribution in [-0.4, -0.2) is 60.2 Å². The van der Waals surface area contributed by atoms with Crippen LogP contribution in [0.15, 0.2) is 53.2 Å². The molecule has 0 bridgehead atoms. The molecule has 0 atom stereocenters. The maximum Gasteiger partial charge on any atom is 0.276 e. The van der Waals surface area contributed by atoms with E-state index in [2.05, 4.69) is 15.5 Å². The zero-order valence-electron chi connectivity index (χ0n) is 18.1. The Labute approximate surface area is 201 Å². The summed E-state index contributed by atoms with van der Waals surface area (Å²) >= 11 is 12.2. The molecular formula is C23H24Cl2N4O4. The molecule has 33 heavy (non-hydrogen) atoms. The first kappa shape index (κ1) is 24.7. The van der Waals surface area contributed by atoms with E-state index in [-0.39, 0.29) is 30.5 Å². The van der Waals surface area contributed by atoms with E-state index in [1.54, 1.807) is 31.5 Å². The van der Waals surface area contributed by atoms with Gasteiger partial charge in [-0.05, 0) is 30.3 Å². The van der Waals surface area contributed by atoms with Crippen molar-refractivity contribution in [2.75, 3.05) is 33.4 Å². The highest BCUT2D eigenvalue weighted by Crippen LogP contribution is 2.30. The Kier molecular flexibility index (Phi) is 9.24. The molecule has 0 aliphatic carbocycles. The SMILES string of the molecule is COCCN(CCC(=O)NCCc1ccccn1)C(=O)c1cc(-c2ccc(Cl)cc2Cl)on1. The number of ether oxygens (including phenoxy) is 1. The van der Waals surface area contributed by atoms with Gasteiger partial charge in [0.1, 0.15) is 0 Å². The number of hydrogen-bond acceptors (Lipinski definition) is 6. The lowest BCUT2D eigenvalue weighted by atomic mass is 10.1. The van der Waals surface area contributed by atoms with Crippen LogP contribution in [0.25, 0.3) is 11.3 Å². The maximum atomic E-state index is 13.0. The predicted octanol–water partition coefficient (Wildman–Crippen LogP) is 3.88. The fourth-order valence-corrected chi connectivity index (χ4v) is 3.57. The van der Waals surface area contributed by atoms with Crippen LogP contribution in [0.5, 0.6) is 0 Å². The number of methoxy groups -OCH3 is 1. The molecule has 2 heterocycles. The summed E-state index contributed by atoms with van der Waals surface area (Å²) in [7, 11) is 1.55. The van der Waals surface area contributed by atoms with E-state index in [1.807, 2.05) is 18.2 Å². The molecule has 0 spiro atoms. The number of amides is 2. The van der Waals surface area contributed by atoms with Gasteiger partial charge in [-0.3, -0.25) is 14.6 Å². The molecule has 174 valence electrons. The minimum atomic E-state index is -0.367. The lowest BCUT2D eigenvalue weighted by molar-refractivity contribution is -0.121. The van der Waals surface area contributed by atoms with Crippen LogP contribution in [0.1, 0.15) is 22.6 Å². The molecule has 2 aromatic heterocycles. The molecule has 0 saturated carbocycles. The molecule has 3 aromatic rings. The molecule has 0 fully saturated rings. The van der Waals surface area contributed by atoms with E-state index in [9.17, 15) is 9.59 Å². The van der Waals surface area contributed by atoms with Crippen molar-refractivity contribution in [2.24, 2.45) is 0 Å². The van der Waals surface area contributed by atoms with Crippen LogP contribution in [0.3, 0.4) is 0 Å². The molecule has 3 rings (SSSR count). The average molecular weight is 491 g/mol. The van der Waals surface area contributed by atoms with Gasteiger partial charge in [0, 0.05) is 68.1 Å². The maximum absolute atomic E-state index is 13.0. The highest BCUT2D eigenvalue weighted by molar-refractivity contribution is 6.36. The summed E-state index contributed by atoms with van der Waals surface area (Å²) in [5.74, 6) is -0.178. The van der Waals surface area contributed by atoms with E-state index in [0.29, 0.717) is 47.5 Å². The molecule has 10 heteroatoms. The number of carbonyl (C=O) groups is 2. The molecular weight excluding hydrogens is 467 g/mol. The van der Waals surface area contributed by atoms with Crippen molar-refractivity contribution in [1.82, 2.24) is 20.4 Å². The van der Waals surface area contributed by atoms with Crippen molar-refractivity contribution >= 4 is 35.0 Å². The van der Waals surface area contributed by atoms with Gasteiger partial charge in [0.05, 0.1) is 11.6 Å². The molecule has 0 aliphatic rings. The van der Waals surface area contributed by atoms with Crippen molar-refractivity contribution in [3.05, 3.63) is 70.1 Å². The van der Waals surface area contributed by atoms with E-state index < -0.39 is 0 Å². The van der Waals surface area contributed by atoms with Crippen LogP contribution in [0, 0.1) is 0 Å². The number of halogens is 2. The Morgan fingerprint density at radius 1 is 1.15 bits per heavy atom. The van der Waals surface area contributed by atoms with Gasteiger partial charge in [-0.2, -0.15) is 0 Å². The molecule has 1 N–H and O–H groups in total. The number of rotatable bonds is 11. The number of pyridine rings is 1. The molecule has 1 aromatic carbocycles. The third kappa shape index (κ3) is 7.28. The summed E-state index contributed by atoms with van der Waals surface area (Å²) in [4.78, 5) is 31.0. The Morgan fingerprint density at radius 3 is 2.73 bits per heavy atom. The Hall–Kier alpha value is -2.94. The van der Waals surface area contributed by atoms with Gasteiger partial charge in [0.15, 0.2) is 11.5 Å². The minimum Gasteiger partial charge on any atom is -0.383 e. The van der Waals surface area contributed by atoms with Gasteiger partial charge in [0.2, 0.25) is 5.91 Å². The average Bonchev–Trinajstić information content (AvgIpc) is 3.29. The summed E-state index contributed by atoms with van der Waals surface area (Å²) in [6, 6.07) is 12.1. The van der Waals surface area contributed by atoms with E-state index in [0.717, 1.165) is 5.69 Å². The summed E-state index contributed by atoms with van der Waals surface area (Å²) in [6.45, 7) is 1.30. The number of nitrogens with one attached hydrogen (secondary N) is 1. The fraction of sp³-hybridized carbons (Fsp3) is 0.304. The van der Waals surface area contributed by atoms with Crippen molar-refractivity contribution in [3.8, 4) is 11.3 Å². The number of benzene rings is 1. The highest BCUT2D eigenvalue weighted by Gasteiger charge is 2.22.